The van der Waals surface area contributed by atoms with Gasteiger partial charge in [-0.1, -0.05) is 11.8 Å². The Hall–Kier alpha value is -0.560. The topological polar surface area (TPSA) is 18.5 Å². The Balaban J connectivity index is 2.18. The summed E-state index contributed by atoms with van der Waals surface area (Å²) in [6.45, 7) is 4.12. The molecule has 0 spiro atoms. The molecular weight excluding hydrogens is 186 g/mol. The first-order valence-corrected chi connectivity index (χ1v) is 5.73. The van der Waals surface area contributed by atoms with Crippen LogP contribution in [0.25, 0.3) is 0 Å². The van der Waals surface area contributed by atoms with E-state index in [-0.39, 0.29) is 0 Å². The van der Waals surface area contributed by atoms with Crippen molar-refractivity contribution in [1.82, 2.24) is 15.1 Å². The van der Waals surface area contributed by atoms with Gasteiger partial charge < -0.3 is 10.2 Å². The Morgan fingerprint density at radius 3 is 2.47 bits per heavy atom. The molecule has 0 atom stereocenters. The largest absolute Gasteiger partial charge is 0.309 e. The molecule has 0 aromatic rings. The molecule has 0 saturated carbocycles. The molecule has 1 saturated heterocycles. The van der Waals surface area contributed by atoms with Crippen LogP contribution in [0.3, 0.4) is 0 Å². The number of piperidine rings is 1. The van der Waals surface area contributed by atoms with Crippen molar-refractivity contribution in [3.05, 3.63) is 0 Å². The lowest BCUT2D eigenvalue weighted by atomic mass is 10.0. The van der Waals surface area contributed by atoms with Crippen LogP contribution in [0.5, 0.6) is 0 Å². The van der Waals surface area contributed by atoms with Crippen molar-refractivity contribution in [2.24, 2.45) is 0 Å². The molecule has 0 bridgehead atoms. The first kappa shape index (κ1) is 12.5. The van der Waals surface area contributed by atoms with Gasteiger partial charge >= 0.3 is 0 Å². The lowest BCUT2D eigenvalue weighted by molar-refractivity contribution is 0.156. The molecule has 0 aromatic heterocycles. The van der Waals surface area contributed by atoms with Crippen molar-refractivity contribution in [2.75, 3.05) is 47.3 Å². The molecular formula is C12H23N3. The zero-order chi connectivity index (χ0) is 11.1. The van der Waals surface area contributed by atoms with Gasteiger partial charge in [0.2, 0.25) is 0 Å². The van der Waals surface area contributed by atoms with Crippen LogP contribution in [0, 0.1) is 11.8 Å². The fraction of sp³-hybridized carbons (Fsp3) is 0.833. The van der Waals surface area contributed by atoms with Crippen molar-refractivity contribution in [3.8, 4) is 11.8 Å². The van der Waals surface area contributed by atoms with Gasteiger partial charge in [0, 0.05) is 19.1 Å². The van der Waals surface area contributed by atoms with Gasteiger partial charge in [-0.25, -0.2) is 0 Å². The SMILES string of the molecule is CNCC#CCN1CCC(N(C)C)CC1. The predicted molar refractivity (Wildman–Crippen MR) is 64.9 cm³/mol. The van der Waals surface area contributed by atoms with Gasteiger partial charge in [-0.15, -0.1) is 0 Å². The van der Waals surface area contributed by atoms with Gasteiger partial charge in [0.15, 0.2) is 0 Å². The molecule has 3 nitrogen and oxygen atoms in total. The van der Waals surface area contributed by atoms with Crippen molar-refractivity contribution >= 4 is 0 Å². The Labute approximate surface area is 93.8 Å². The number of hydrogen-bond acceptors (Lipinski definition) is 3. The highest BCUT2D eigenvalue weighted by atomic mass is 15.2. The van der Waals surface area contributed by atoms with Crippen molar-refractivity contribution in [2.45, 2.75) is 18.9 Å². The highest BCUT2D eigenvalue weighted by molar-refractivity contribution is 5.03. The average Bonchev–Trinajstić information content (AvgIpc) is 2.25. The van der Waals surface area contributed by atoms with E-state index in [0.717, 1.165) is 19.1 Å². The zero-order valence-corrected chi connectivity index (χ0v) is 10.2. The molecule has 0 aromatic carbocycles. The van der Waals surface area contributed by atoms with E-state index in [1.54, 1.807) is 0 Å². The number of likely N-dealkylation sites (tertiary alicyclic amines) is 1. The second-order valence-electron chi connectivity index (χ2n) is 4.35. The normalized spacial score (nSPS) is 18.9. The van der Waals surface area contributed by atoms with E-state index in [1.807, 2.05) is 7.05 Å². The molecule has 0 aliphatic carbocycles. The number of nitrogens with zero attached hydrogens (tertiary/aromatic N) is 2. The van der Waals surface area contributed by atoms with E-state index in [9.17, 15) is 0 Å². The lowest BCUT2D eigenvalue weighted by Crippen LogP contribution is -2.41. The second-order valence-corrected chi connectivity index (χ2v) is 4.35. The third-order valence-electron chi connectivity index (χ3n) is 2.98. The average molecular weight is 209 g/mol. The summed E-state index contributed by atoms with van der Waals surface area (Å²) in [6.07, 6.45) is 2.56. The van der Waals surface area contributed by atoms with E-state index >= 15 is 0 Å². The highest BCUT2D eigenvalue weighted by Crippen LogP contribution is 2.13. The van der Waals surface area contributed by atoms with Crippen molar-refractivity contribution in [1.29, 1.82) is 0 Å². The van der Waals surface area contributed by atoms with E-state index < -0.39 is 0 Å². The molecule has 86 valence electrons. The van der Waals surface area contributed by atoms with Gasteiger partial charge in [-0.05, 0) is 34.0 Å². The van der Waals surface area contributed by atoms with E-state index in [1.165, 1.54) is 25.9 Å². The van der Waals surface area contributed by atoms with E-state index in [0.29, 0.717) is 0 Å². The number of rotatable bonds is 3. The first-order valence-electron chi connectivity index (χ1n) is 5.73. The van der Waals surface area contributed by atoms with E-state index in [4.69, 9.17) is 0 Å². The highest BCUT2D eigenvalue weighted by Gasteiger charge is 2.19. The van der Waals surface area contributed by atoms with Crippen LogP contribution in [-0.4, -0.2) is 63.2 Å². The summed E-state index contributed by atoms with van der Waals surface area (Å²) in [5, 5.41) is 3.03. The van der Waals surface area contributed by atoms with Gasteiger partial charge in [-0.2, -0.15) is 0 Å². The predicted octanol–water partition coefficient (Wildman–Crippen LogP) is 0.235. The number of hydrogen-bond donors (Lipinski definition) is 1. The summed E-state index contributed by atoms with van der Waals surface area (Å²) >= 11 is 0. The first-order chi connectivity index (χ1) is 7.24. The monoisotopic (exact) mass is 209 g/mol. The van der Waals surface area contributed by atoms with Crippen LogP contribution in [0.2, 0.25) is 0 Å². The molecule has 0 unspecified atom stereocenters. The fourth-order valence-electron chi connectivity index (χ4n) is 1.91. The van der Waals surface area contributed by atoms with Crippen LogP contribution in [-0.2, 0) is 0 Å². The van der Waals surface area contributed by atoms with Crippen LogP contribution >= 0.6 is 0 Å². The Morgan fingerprint density at radius 1 is 1.27 bits per heavy atom. The molecule has 1 aliphatic rings. The van der Waals surface area contributed by atoms with Gasteiger partial charge in [0.1, 0.15) is 0 Å². The molecule has 0 amide bonds. The summed E-state index contributed by atoms with van der Waals surface area (Å²) in [5.41, 5.74) is 0. The Kier molecular flexibility index (Phi) is 5.70. The summed E-state index contributed by atoms with van der Waals surface area (Å²) in [7, 11) is 6.28. The molecule has 1 rings (SSSR count). The molecule has 1 heterocycles. The minimum atomic E-state index is 0.770. The number of nitrogens with one attached hydrogen (secondary N) is 1. The van der Waals surface area contributed by atoms with E-state index in [2.05, 4.69) is 41.1 Å². The van der Waals surface area contributed by atoms with Crippen LogP contribution in [0.1, 0.15) is 12.8 Å². The van der Waals surface area contributed by atoms with Crippen LogP contribution in [0.4, 0.5) is 0 Å². The third kappa shape index (κ3) is 4.65. The maximum absolute atomic E-state index is 3.20. The molecule has 3 heteroatoms. The lowest BCUT2D eigenvalue weighted by Gasteiger charge is -2.34. The molecule has 1 N–H and O–H groups in total. The van der Waals surface area contributed by atoms with Crippen molar-refractivity contribution in [3.63, 3.8) is 0 Å². The van der Waals surface area contributed by atoms with Crippen molar-refractivity contribution < 1.29 is 0 Å². The maximum Gasteiger partial charge on any atom is 0.0602 e. The van der Waals surface area contributed by atoms with Gasteiger partial charge in [0.25, 0.3) is 0 Å². The zero-order valence-electron chi connectivity index (χ0n) is 10.2. The standard InChI is InChI=1S/C12H23N3/c1-13-8-4-5-9-15-10-6-12(7-11-15)14(2)3/h12-13H,6-11H2,1-3H3. The second kappa shape index (κ2) is 6.84. The smallest absolute Gasteiger partial charge is 0.0602 e. The Morgan fingerprint density at radius 2 is 1.93 bits per heavy atom. The van der Waals surface area contributed by atoms with Crippen LogP contribution in [0.15, 0.2) is 0 Å². The Bertz CT molecular complexity index is 219. The maximum atomic E-state index is 3.20. The minimum absolute atomic E-state index is 0.770. The molecule has 1 aliphatic heterocycles. The third-order valence-corrected chi connectivity index (χ3v) is 2.98. The van der Waals surface area contributed by atoms with Crippen LogP contribution < -0.4 is 5.32 Å². The molecule has 15 heavy (non-hydrogen) atoms. The fourth-order valence-corrected chi connectivity index (χ4v) is 1.91. The van der Waals surface area contributed by atoms with Gasteiger partial charge in [-0.3, -0.25) is 4.90 Å². The minimum Gasteiger partial charge on any atom is -0.309 e. The summed E-state index contributed by atoms with van der Waals surface area (Å²) < 4.78 is 0. The van der Waals surface area contributed by atoms with Gasteiger partial charge in [0.05, 0.1) is 13.1 Å². The quantitative estimate of drug-likeness (QED) is 0.672. The molecule has 0 radical (unpaired) electrons. The summed E-state index contributed by atoms with van der Waals surface area (Å²) in [4.78, 5) is 4.78. The summed E-state index contributed by atoms with van der Waals surface area (Å²) in [6, 6.07) is 0.770. The summed E-state index contributed by atoms with van der Waals surface area (Å²) in [5.74, 6) is 6.30. The molecule has 1 fully saturated rings.